The minimum atomic E-state index is -3.94. The molecule has 202 valence electrons. The molecule has 2 amide bonds. The summed E-state index contributed by atoms with van der Waals surface area (Å²) in [5, 5.41) is 3.51. The van der Waals surface area contributed by atoms with Gasteiger partial charge in [-0.1, -0.05) is 48.3 Å². The molecule has 0 saturated heterocycles. The van der Waals surface area contributed by atoms with Gasteiger partial charge in [-0.15, -0.1) is 0 Å². The molecule has 2 rings (SSSR count). The summed E-state index contributed by atoms with van der Waals surface area (Å²) in [5.74, 6) is -1.27. The fraction of sp³-hybridized carbons (Fsp3) is 0.423. The molecular formula is C26H33Cl2N3O5S. The van der Waals surface area contributed by atoms with E-state index in [-0.39, 0.29) is 24.4 Å². The second-order valence-corrected chi connectivity index (χ2v) is 12.5. The predicted molar refractivity (Wildman–Crippen MR) is 148 cm³/mol. The highest BCUT2D eigenvalue weighted by Crippen LogP contribution is 2.28. The molecule has 0 heterocycles. The van der Waals surface area contributed by atoms with Gasteiger partial charge in [-0.05, 0) is 58.4 Å². The molecule has 0 unspecified atom stereocenters. The van der Waals surface area contributed by atoms with E-state index >= 15 is 0 Å². The summed E-state index contributed by atoms with van der Waals surface area (Å²) < 4.78 is 26.4. The van der Waals surface area contributed by atoms with E-state index in [1.807, 2.05) is 20.8 Å². The van der Waals surface area contributed by atoms with Crippen molar-refractivity contribution in [3.63, 3.8) is 0 Å². The number of carbonyl (C=O) groups excluding carboxylic acids is 3. The molecule has 0 aliphatic heterocycles. The maximum absolute atomic E-state index is 13.8. The molecule has 2 aromatic carbocycles. The number of hydrogen-bond acceptors (Lipinski definition) is 5. The van der Waals surface area contributed by atoms with E-state index in [0.29, 0.717) is 21.2 Å². The third-order valence-corrected chi connectivity index (χ3v) is 7.34. The lowest BCUT2D eigenvalue weighted by atomic mass is 10.1. The minimum absolute atomic E-state index is 0.113. The van der Waals surface area contributed by atoms with Crippen molar-refractivity contribution in [2.75, 3.05) is 17.1 Å². The molecule has 0 spiro atoms. The van der Waals surface area contributed by atoms with Crippen LogP contribution in [0.2, 0.25) is 10.0 Å². The van der Waals surface area contributed by atoms with E-state index in [2.05, 4.69) is 5.32 Å². The van der Waals surface area contributed by atoms with Gasteiger partial charge < -0.3 is 10.2 Å². The lowest BCUT2D eigenvalue weighted by Gasteiger charge is -2.34. The van der Waals surface area contributed by atoms with Crippen LogP contribution in [0.4, 0.5) is 5.69 Å². The number of hydrogen-bond donors (Lipinski definition) is 1. The van der Waals surface area contributed by atoms with Crippen LogP contribution < -0.4 is 9.62 Å². The zero-order valence-electron chi connectivity index (χ0n) is 21.8. The highest BCUT2D eigenvalue weighted by atomic mass is 35.5. The molecule has 0 aliphatic rings. The monoisotopic (exact) mass is 569 g/mol. The van der Waals surface area contributed by atoms with E-state index in [1.54, 1.807) is 37.3 Å². The number of carbonyl (C=O) groups is 3. The van der Waals surface area contributed by atoms with Gasteiger partial charge in [-0.3, -0.25) is 18.7 Å². The number of ketones is 1. The fourth-order valence-electron chi connectivity index (χ4n) is 3.72. The number of nitrogens with one attached hydrogen (secondary N) is 1. The molecule has 0 bridgehead atoms. The van der Waals surface area contributed by atoms with Crippen LogP contribution in [0.5, 0.6) is 0 Å². The lowest BCUT2D eigenvalue weighted by Crippen LogP contribution is -2.55. The SMILES string of the molecule is CC[C@@H](C(=O)NC(C)(C)C)N(Cc1c(Cl)cccc1Cl)C(=O)CN(c1cccc(C(C)=O)c1)S(C)(=O)=O. The number of Topliss-reactive ketones (excluding diaryl/α,β-unsaturated/α-hetero) is 1. The largest absolute Gasteiger partial charge is 0.350 e. The van der Waals surface area contributed by atoms with Gasteiger partial charge >= 0.3 is 0 Å². The van der Waals surface area contributed by atoms with Crippen LogP contribution in [0.25, 0.3) is 0 Å². The Bertz CT molecular complexity index is 1250. The summed E-state index contributed by atoms with van der Waals surface area (Å²) in [6.45, 7) is 7.88. The average molecular weight is 571 g/mol. The zero-order valence-corrected chi connectivity index (χ0v) is 24.2. The first-order chi connectivity index (χ1) is 17.0. The smallest absolute Gasteiger partial charge is 0.244 e. The number of rotatable bonds is 10. The Morgan fingerprint density at radius 2 is 1.59 bits per heavy atom. The number of anilines is 1. The van der Waals surface area contributed by atoms with Crippen molar-refractivity contribution in [1.29, 1.82) is 0 Å². The maximum atomic E-state index is 13.8. The summed E-state index contributed by atoms with van der Waals surface area (Å²) in [6, 6.07) is 10.00. The van der Waals surface area contributed by atoms with Crippen LogP contribution in [0.3, 0.4) is 0 Å². The first-order valence-electron chi connectivity index (χ1n) is 11.7. The molecule has 0 saturated carbocycles. The molecule has 11 heteroatoms. The predicted octanol–water partition coefficient (Wildman–Crippen LogP) is 4.68. The lowest BCUT2D eigenvalue weighted by molar-refractivity contribution is -0.141. The standard InChI is InChI=1S/C26H33Cl2N3O5S/c1-7-23(25(34)29-26(3,4)5)30(15-20-21(27)12-9-13-22(20)28)24(33)16-31(37(6,35)36)19-11-8-10-18(14-19)17(2)32/h8-14,23H,7,15-16H2,1-6H3,(H,29,34)/t23-/m0/s1. The van der Waals surface area contributed by atoms with Gasteiger partial charge in [0.25, 0.3) is 0 Å². The van der Waals surface area contributed by atoms with E-state index < -0.39 is 40.0 Å². The molecular weight excluding hydrogens is 537 g/mol. The van der Waals surface area contributed by atoms with E-state index in [1.165, 1.54) is 24.0 Å². The van der Waals surface area contributed by atoms with Crippen molar-refractivity contribution >= 4 is 56.5 Å². The highest BCUT2D eigenvalue weighted by molar-refractivity contribution is 7.92. The molecule has 0 fully saturated rings. The second-order valence-electron chi connectivity index (χ2n) is 9.76. The summed E-state index contributed by atoms with van der Waals surface area (Å²) in [4.78, 5) is 40.2. The van der Waals surface area contributed by atoms with Gasteiger partial charge in [0.2, 0.25) is 21.8 Å². The number of sulfonamides is 1. The number of nitrogens with zero attached hydrogens (tertiary/aromatic N) is 2. The summed E-state index contributed by atoms with van der Waals surface area (Å²) in [7, 11) is -3.94. The Morgan fingerprint density at radius 1 is 1.03 bits per heavy atom. The summed E-state index contributed by atoms with van der Waals surface area (Å²) in [6.07, 6.45) is 1.23. The van der Waals surface area contributed by atoms with Crippen molar-refractivity contribution in [2.24, 2.45) is 0 Å². The molecule has 1 N–H and O–H groups in total. The second kappa shape index (κ2) is 12.3. The Kier molecular flexibility index (Phi) is 10.2. The number of amides is 2. The van der Waals surface area contributed by atoms with Crippen molar-refractivity contribution in [1.82, 2.24) is 10.2 Å². The van der Waals surface area contributed by atoms with Gasteiger partial charge in [0.15, 0.2) is 5.78 Å². The zero-order chi connectivity index (χ0) is 28.1. The summed E-state index contributed by atoms with van der Waals surface area (Å²) >= 11 is 12.7. The van der Waals surface area contributed by atoms with Gasteiger partial charge in [0.05, 0.1) is 11.9 Å². The molecule has 0 radical (unpaired) electrons. The summed E-state index contributed by atoms with van der Waals surface area (Å²) in [5.41, 5.74) is 0.333. The van der Waals surface area contributed by atoms with Crippen molar-refractivity contribution in [2.45, 2.75) is 59.2 Å². The molecule has 0 aliphatic carbocycles. The quantitative estimate of drug-likeness (QED) is 0.418. The van der Waals surface area contributed by atoms with Crippen molar-refractivity contribution in [3.05, 3.63) is 63.6 Å². The number of halogens is 2. The fourth-order valence-corrected chi connectivity index (χ4v) is 5.08. The van der Waals surface area contributed by atoms with Crippen LogP contribution >= 0.6 is 23.2 Å². The third-order valence-electron chi connectivity index (χ3n) is 5.49. The van der Waals surface area contributed by atoms with Crippen LogP contribution in [0.15, 0.2) is 42.5 Å². The van der Waals surface area contributed by atoms with E-state index in [0.717, 1.165) is 10.6 Å². The van der Waals surface area contributed by atoms with Gasteiger partial charge in [-0.25, -0.2) is 8.42 Å². The van der Waals surface area contributed by atoms with Gasteiger partial charge in [-0.2, -0.15) is 0 Å². The Hall–Kier alpha value is -2.62. The van der Waals surface area contributed by atoms with Crippen LogP contribution in [0, 0.1) is 0 Å². The molecule has 2 aromatic rings. The van der Waals surface area contributed by atoms with Crippen LogP contribution in [0.1, 0.15) is 57.0 Å². The van der Waals surface area contributed by atoms with Crippen LogP contribution in [-0.4, -0.2) is 55.3 Å². The Morgan fingerprint density at radius 3 is 2.08 bits per heavy atom. The third kappa shape index (κ3) is 8.45. The minimum Gasteiger partial charge on any atom is -0.350 e. The van der Waals surface area contributed by atoms with Crippen molar-refractivity contribution in [3.8, 4) is 0 Å². The van der Waals surface area contributed by atoms with Crippen molar-refractivity contribution < 1.29 is 22.8 Å². The highest BCUT2D eigenvalue weighted by Gasteiger charge is 2.33. The maximum Gasteiger partial charge on any atom is 0.244 e. The molecule has 8 nitrogen and oxygen atoms in total. The molecule has 0 aromatic heterocycles. The van der Waals surface area contributed by atoms with Gasteiger partial charge in [0.1, 0.15) is 12.6 Å². The van der Waals surface area contributed by atoms with E-state index in [9.17, 15) is 22.8 Å². The topological polar surface area (TPSA) is 104 Å². The first kappa shape index (κ1) is 30.6. The average Bonchev–Trinajstić information content (AvgIpc) is 2.77. The first-order valence-corrected chi connectivity index (χ1v) is 14.3. The van der Waals surface area contributed by atoms with Gasteiger partial charge in [0, 0.05) is 33.3 Å². The normalized spacial score (nSPS) is 12.5. The number of benzene rings is 2. The van der Waals surface area contributed by atoms with Crippen LogP contribution in [-0.2, 0) is 26.2 Å². The molecule has 1 atom stereocenters. The molecule has 37 heavy (non-hydrogen) atoms. The Labute approximate surface area is 229 Å². The van der Waals surface area contributed by atoms with E-state index in [4.69, 9.17) is 23.2 Å². The Balaban J connectivity index is 2.56.